The average molecular weight is 408 g/mol. The van der Waals surface area contributed by atoms with Crippen molar-refractivity contribution in [2.75, 3.05) is 0 Å². The highest BCUT2D eigenvalue weighted by molar-refractivity contribution is 7.09. The van der Waals surface area contributed by atoms with E-state index in [-0.39, 0.29) is 12.3 Å². The number of aromatic nitrogens is 3. The summed E-state index contributed by atoms with van der Waals surface area (Å²) in [5.74, 6) is 0.552. The Morgan fingerprint density at radius 1 is 1.17 bits per heavy atom. The SMILES string of the molecule is Cc1cc(C(=O)Cn2c(C(C)O)nc3ccccc32)c(C)n1CCc1cccs1. The van der Waals surface area contributed by atoms with Gasteiger partial charge in [0.15, 0.2) is 5.78 Å². The van der Waals surface area contributed by atoms with Gasteiger partial charge >= 0.3 is 0 Å². The molecule has 29 heavy (non-hydrogen) atoms. The van der Waals surface area contributed by atoms with E-state index in [1.165, 1.54) is 4.88 Å². The zero-order valence-corrected chi connectivity index (χ0v) is 17.7. The lowest BCUT2D eigenvalue weighted by atomic mass is 10.1. The molecule has 0 spiro atoms. The summed E-state index contributed by atoms with van der Waals surface area (Å²) in [6, 6.07) is 13.9. The van der Waals surface area contributed by atoms with Crippen LogP contribution in [0, 0.1) is 13.8 Å². The zero-order valence-electron chi connectivity index (χ0n) is 16.9. The van der Waals surface area contributed by atoms with Crippen LogP contribution in [-0.2, 0) is 19.5 Å². The highest BCUT2D eigenvalue weighted by Gasteiger charge is 2.20. The smallest absolute Gasteiger partial charge is 0.184 e. The minimum Gasteiger partial charge on any atom is -0.385 e. The molecule has 6 heteroatoms. The Bertz CT molecular complexity index is 1150. The van der Waals surface area contributed by atoms with Gasteiger partial charge in [-0.25, -0.2) is 4.98 Å². The second-order valence-corrected chi connectivity index (χ2v) is 8.44. The predicted molar refractivity (Wildman–Crippen MR) is 117 cm³/mol. The van der Waals surface area contributed by atoms with Crippen LogP contribution in [-0.4, -0.2) is 25.0 Å². The molecule has 0 aliphatic rings. The third-order valence-corrected chi connectivity index (χ3v) is 6.33. The van der Waals surface area contributed by atoms with Gasteiger partial charge in [0.05, 0.1) is 17.6 Å². The van der Waals surface area contributed by atoms with Gasteiger partial charge in [-0.15, -0.1) is 11.3 Å². The van der Waals surface area contributed by atoms with Gasteiger partial charge in [-0.1, -0.05) is 18.2 Å². The second kappa shape index (κ2) is 7.97. The topological polar surface area (TPSA) is 60.1 Å². The van der Waals surface area contributed by atoms with E-state index in [0.29, 0.717) is 5.82 Å². The number of para-hydroxylation sites is 2. The quantitative estimate of drug-likeness (QED) is 0.452. The van der Waals surface area contributed by atoms with Crippen LogP contribution < -0.4 is 0 Å². The van der Waals surface area contributed by atoms with Crippen LogP contribution in [0.15, 0.2) is 47.8 Å². The third kappa shape index (κ3) is 3.78. The number of benzene rings is 1. The third-order valence-electron chi connectivity index (χ3n) is 5.40. The summed E-state index contributed by atoms with van der Waals surface area (Å²) in [5, 5.41) is 12.2. The molecule has 0 amide bonds. The molecule has 1 aromatic carbocycles. The normalized spacial score (nSPS) is 12.6. The van der Waals surface area contributed by atoms with E-state index in [9.17, 15) is 9.90 Å². The molecule has 0 radical (unpaired) electrons. The van der Waals surface area contributed by atoms with Crippen molar-refractivity contribution in [1.29, 1.82) is 0 Å². The van der Waals surface area contributed by atoms with Gasteiger partial charge in [0, 0.05) is 28.4 Å². The lowest BCUT2D eigenvalue weighted by molar-refractivity contribution is 0.0967. The summed E-state index contributed by atoms with van der Waals surface area (Å²) < 4.78 is 4.05. The summed E-state index contributed by atoms with van der Waals surface area (Å²) in [5.41, 5.74) is 4.48. The molecule has 3 heterocycles. The van der Waals surface area contributed by atoms with Crippen LogP contribution in [0.1, 0.15) is 45.5 Å². The Balaban J connectivity index is 1.62. The summed E-state index contributed by atoms with van der Waals surface area (Å²) in [6.07, 6.45) is 0.216. The maximum absolute atomic E-state index is 13.2. The second-order valence-electron chi connectivity index (χ2n) is 7.41. The van der Waals surface area contributed by atoms with Gasteiger partial charge in [0.1, 0.15) is 11.9 Å². The van der Waals surface area contributed by atoms with E-state index in [4.69, 9.17) is 0 Å². The van der Waals surface area contributed by atoms with Crippen molar-refractivity contribution in [2.45, 2.75) is 46.4 Å². The number of hydrogen-bond acceptors (Lipinski definition) is 4. The molecule has 4 rings (SSSR count). The number of thiophene rings is 1. The van der Waals surface area contributed by atoms with Crippen molar-refractivity contribution >= 4 is 28.2 Å². The first-order chi connectivity index (χ1) is 14.0. The molecule has 1 N–H and O–H groups in total. The number of aliphatic hydroxyl groups is 1. The molecule has 3 aromatic heterocycles. The number of rotatable bonds is 7. The number of Topliss-reactive ketones (excluding diaryl/α,β-unsaturated/α-hetero) is 1. The van der Waals surface area contributed by atoms with E-state index in [1.807, 2.05) is 48.7 Å². The first-order valence-electron chi connectivity index (χ1n) is 9.81. The molecule has 0 saturated carbocycles. The number of imidazole rings is 1. The molecule has 0 aliphatic carbocycles. The zero-order chi connectivity index (χ0) is 20.5. The number of aryl methyl sites for hydroxylation is 2. The highest BCUT2D eigenvalue weighted by Crippen LogP contribution is 2.23. The Morgan fingerprint density at radius 2 is 1.97 bits per heavy atom. The number of carbonyl (C=O) groups excluding carboxylic acids is 1. The molecular formula is C23H25N3O2S. The number of fused-ring (bicyclic) bond motifs is 1. The molecular weight excluding hydrogens is 382 g/mol. The summed E-state index contributed by atoms with van der Waals surface area (Å²) in [7, 11) is 0. The van der Waals surface area contributed by atoms with Crippen LogP contribution in [0.4, 0.5) is 0 Å². The molecule has 0 saturated heterocycles. The molecule has 150 valence electrons. The van der Waals surface area contributed by atoms with Crippen molar-refractivity contribution < 1.29 is 9.90 Å². The fraction of sp³-hybridized carbons (Fsp3) is 0.304. The van der Waals surface area contributed by atoms with Crippen LogP contribution in [0.25, 0.3) is 11.0 Å². The Kier molecular flexibility index (Phi) is 5.39. The van der Waals surface area contributed by atoms with Crippen LogP contribution in [0.3, 0.4) is 0 Å². The standard InChI is InChI=1S/C23H25N3O2S/c1-15-13-19(16(2)25(15)11-10-18-7-6-12-29-18)22(28)14-26-21-9-5-4-8-20(21)24-23(26)17(3)27/h4-9,12-13,17,27H,10-11,14H2,1-3H3. The number of ketones is 1. The van der Waals surface area contributed by atoms with Gasteiger partial charge in [-0.3, -0.25) is 4.79 Å². The molecule has 4 aromatic rings. The molecule has 0 fully saturated rings. The van der Waals surface area contributed by atoms with Crippen molar-refractivity contribution in [3.05, 3.63) is 75.5 Å². The Labute approximate surface area is 174 Å². The summed E-state index contributed by atoms with van der Waals surface area (Å²) >= 11 is 1.76. The van der Waals surface area contributed by atoms with E-state index in [1.54, 1.807) is 18.3 Å². The van der Waals surface area contributed by atoms with Gasteiger partial charge in [-0.05, 0) is 56.8 Å². The van der Waals surface area contributed by atoms with Crippen molar-refractivity contribution in [1.82, 2.24) is 14.1 Å². The molecule has 5 nitrogen and oxygen atoms in total. The molecule has 1 atom stereocenters. The number of aliphatic hydroxyl groups excluding tert-OH is 1. The number of hydrogen-bond donors (Lipinski definition) is 1. The number of nitrogens with zero attached hydrogens (tertiary/aromatic N) is 3. The Hall–Kier alpha value is -2.70. The van der Waals surface area contributed by atoms with E-state index >= 15 is 0 Å². The largest absolute Gasteiger partial charge is 0.385 e. The lowest BCUT2D eigenvalue weighted by Gasteiger charge is -2.11. The van der Waals surface area contributed by atoms with E-state index in [2.05, 4.69) is 27.1 Å². The fourth-order valence-electron chi connectivity index (χ4n) is 3.91. The molecule has 1 unspecified atom stereocenters. The van der Waals surface area contributed by atoms with Gasteiger partial charge < -0.3 is 14.2 Å². The van der Waals surface area contributed by atoms with Gasteiger partial charge in [-0.2, -0.15) is 0 Å². The van der Waals surface area contributed by atoms with Gasteiger partial charge in [0.25, 0.3) is 0 Å². The highest BCUT2D eigenvalue weighted by atomic mass is 32.1. The molecule has 0 aliphatic heterocycles. The minimum absolute atomic E-state index is 0.0329. The van der Waals surface area contributed by atoms with Crippen LogP contribution >= 0.6 is 11.3 Å². The van der Waals surface area contributed by atoms with Crippen LogP contribution in [0.2, 0.25) is 0 Å². The summed E-state index contributed by atoms with van der Waals surface area (Å²) in [4.78, 5) is 19.1. The van der Waals surface area contributed by atoms with Crippen molar-refractivity contribution in [3.63, 3.8) is 0 Å². The van der Waals surface area contributed by atoms with E-state index in [0.717, 1.165) is 41.0 Å². The maximum Gasteiger partial charge on any atom is 0.184 e. The summed E-state index contributed by atoms with van der Waals surface area (Å²) in [6.45, 7) is 6.76. The Morgan fingerprint density at radius 3 is 2.69 bits per heavy atom. The minimum atomic E-state index is -0.742. The monoisotopic (exact) mass is 407 g/mol. The molecule has 0 bridgehead atoms. The average Bonchev–Trinajstić information content (AvgIpc) is 3.40. The maximum atomic E-state index is 13.2. The fourth-order valence-corrected chi connectivity index (χ4v) is 4.61. The van der Waals surface area contributed by atoms with Crippen molar-refractivity contribution in [2.24, 2.45) is 0 Å². The van der Waals surface area contributed by atoms with Crippen molar-refractivity contribution in [3.8, 4) is 0 Å². The van der Waals surface area contributed by atoms with Gasteiger partial charge in [0.2, 0.25) is 0 Å². The first kappa shape index (κ1) is 19.6. The number of carbonyl (C=O) groups is 1. The lowest BCUT2D eigenvalue weighted by Crippen LogP contribution is -2.15. The first-order valence-corrected chi connectivity index (χ1v) is 10.7. The van der Waals surface area contributed by atoms with Crippen LogP contribution in [0.5, 0.6) is 0 Å². The van der Waals surface area contributed by atoms with E-state index < -0.39 is 6.10 Å². The predicted octanol–water partition coefficient (Wildman–Crippen LogP) is 4.70.